The Balaban J connectivity index is 1.21. The van der Waals surface area contributed by atoms with Crippen LogP contribution in [0.3, 0.4) is 0 Å². The van der Waals surface area contributed by atoms with E-state index in [4.69, 9.17) is 21.1 Å². The van der Waals surface area contributed by atoms with Crippen molar-refractivity contribution in [3.63, 3.8) is 0 Å². The Labute approximate surface area is 216 Å². The van der Waals surface area contributed by atoms with Crippen molar-refractivity contribution in [2.75, 3.05) is 18.8 Å². The first-order chi connectivity index (χ1) is 17.0. The summed E-state index contributed by atoms with van der Waals surface area (Å²) in [5, 5.41) is 7.77. The van der Waals surface area contributed by atoms with Crippen molar-refractivity contribution in [1.29, 1.82) is 0 Å². The molecule has 1 amide bonds. The highest BCUT2D eigenvalue weighted by atomic mass is 35.5. The van der Waals surface area contributed by atoms with E-state index >= 15 is 0 Å². The number of piperidine rings is 1. The molecule has 1 aliphatic rings. The fourth-order valence-electron chi connectivity index (χ4n) is 4.26. The zero-order valence-corrected chi connectivity index (χ0v) is 21.4. The maximum atomic E-state index is 13.2. The van der Waals surface area contributed by atoms with E-state index in [9.17, 15) is 9.18 Å². The van der Waals surface area contributed by atoms with Crippen molar-refractivity contribution in [2.45, 2.75) is 30.6 Å². The van der Waals surface area contributed by atoms with Gasteiger partial charge in [-0.1, -0.05) is 47.1 Å². The van der Waals surface area contributed by atoms with Gasteiger partial charge in [0.15, 0.2) is 0 Å². The van der Waals surface area contributed by atoms with Crippen LogP contribution in [0.2, 0.25) is 5.02 Å². The lowest BCUT2D eigenvalue weighted by molar-refractivity contribution is -0.129. The Morgan fingerprint density at radius 1 is 1.23 bits per heavy atom. The SMILES string of the molecule is Cc1onc(-c2ccccc2)c1-c1csc(C2CCN(C(=O)CSc3ccc(F)cc3Cl)CC2)n1. The third-order valence-electron chi connectivity index (χ3n) is 6.13. The van der Waals surface area contributed by atoms with E-state index in [1.165, 1.54) is 23.9 Å². The quantitative estimate of drug-likeness (QED) is 0.251. The maximum Gasteiger partial charge on any atom is 0.232 e. The Morgan fingerprint density at radius 2 is 2.00 bits per heavy atom. The van der Waals surface area contributed by atoms with Crippen LogP contribution < -0.4 is 0 Å². The molecule has 0 radical (unpaired) electrons. The standard InChI is InChI=1S/C26H23ClFN3O2S2/c1-16-24(25(30-33-16)17-5-3-2-4-6-17)21-14-35-26(29-21)18-9-11-31(12-10-18)23(32)15-34-22-8-7-19(28)13-20(22)27/h2-8,13-14,18H,9-12,15H2,1H3. The normalized spacial score (nSPS) is 14.4. The molecule has 0 spiro atoms. The zero-order chi connectivity index (χ0) is 24.4. The van der Waals surface area contributed by atoms with Crippen LogP contribution in [-0.4, -0.2) is 39.8 Å². The lowest BCUT2D eigenvalue weighted by Crippen LogP contribution is -2.38. The molecule has 3 heterocycles. The highest BCUT2D eigenvalue weighted by Crippen LogP contribution is 2.38. The number of hydrogen-bond acceptors (Lipinski definition) is 6. The number of nitrogens with zero attached hydrogens (tertiary/aromatic N) is 3. The second kappa shape index (κ2) is 10.5. The van der Waals surface area contributed by atoms with Gasteiger partial charge in [0.2, 0.25) is 5.91 Å². The van der Waals surface area contributed by atoms with E-state index < -0.39 is 0 Å². The molecule has 1 fully saturated rings. The Morgan fingerprint density at radius 3 is 2.74 bits per heavy atom. The number of thioether (sulfide) groups is 1. The molecule has 5 nitrogen and oxygen atoms in total. The van der Waals surface area contributed by atoms with Crippen LogP contribution in [0.25, 0.3) is 22.5 Å². The molecule has 2 aromatic carbocycles. The first-order valence-corrected chi connectivity index (χ1v) is 13.6. The summed E-state index contributed by atoms with van der Waals surface area (Å²) in [6.07, 6.45) is 1.74. The third-order valence-corrected chi connectivity index (χ3v) is 8.62. The second-order valence-corrected chi connectivity index (χ2v) is 10.7. The fourth-order valence-corrected chi connectivity index (χ4v) is 6.39. The van der Waals surface area contributed by atoms with E-state index in [2.05, 4.69) is 10.5 Å². The second-order valence-electron chi connectivity index (χ2n) is 8.42. The summed E-state index contributed by atoms with van der Waals surface area (Å²) in [6.45, 7) is 3.30. The van der Waals surface area contributed by atoms with Crippen molar-refractivity contribution in [3.8, 4) is 22.5 Å². The number of amides is 1. The first kappa shape index (κ1) is 24.0. The first-order valence-electron chi connectivity index (χ1n) is 11.3. The molecule has 0 bridgehead atoms. The average Bonchev–Trinajstić information content (AvgIpc) is 3.50. The predicted octanol–water partition coefficient (Wildman–Crippen LogP) is 7.06. The molecule has 0 unspecified atom stereocenters. The lowest BCUT2D eigenvalue weighted by Gasteiger charge is -2.31. The summed E-state index contributed by atoms with van der Waals surface area (Å²) in [7, 11) is 0. The number of halogens is 2. The van der Waals surface area contributed by atoms with Gasteiger partial charge in [-0.15, -0.1) is 23.1 Å². The molecule has 35 heavy (non-hydrogen) atoms. The number of likely N-dealkylation sites (tertiary alicyclic amines) is 1. The molecule has 0 N–H and O–H groups in total. The van der Waals surface area contributed by atoms with E-state index in [-0.39, 0.29) is 17.5 Å². The van der Waals surface area contributed by atoms with Gasteiger partial charge in [0.25, 0.3) is 0 Å². The highest BCUT2D eigenvalue weighted by molar-refractivity contribution is 8.00. The maximum absolute atomic E-state index is 13.2. The van der Waals surface area contributed by atoms with Crippen LogP contribution in [0.1, 0.15) is 29.5 Å². The summed E-state index contributed by atoms with van der Waals surface area (Å²) >= 11 is 9.07. The van der Waals surface area contributed by atoms with Gasteiger partial charge < -0.3 is 9.42 Å². The van der Waals surface area contributed by atoms with E-state index in [1.807, 2.05) is 42.2 Å². The molecular weight excluding hydrogens is 505 g/mol. The summed E-state index contributed by atoms with van der Waals surface area (Å²) in [4.78, 5) is 20.3. The summed E-state index contributed by atoms with van der Waals surface area (Å²) < 4.78 is 18.7. The van der Waals surface area contributed by atoms with Gasteiger partial charge in [-0.3, -0.25) is 4.79 Å². The predicted molar refractivity (Wildman–Crippen MR) is 138 cm³/mol. The minimum absolute atomic E-state index is 0.0706. The van der Waals surface area contributed by atoms with Crippen LogP contribution in [0, 0.1) is 12.7 Å². The number of thiazole rings is 1. The van der Waals surface area contributed by atoms with Gasteiger partial charge in [-0.2, -0.15) is 0 Å². The number of benzene rings is 2. The van der Waals surface area contributed by atoms with Crippen LogP contribution in [-0.2, 0) is 4.79 Å². The molecule has 0 saturated carbocycles. The molecule has 180 valence electrons. The van der Waals surface area contributed by atoms with Crippen LogP contribution in [0.15, 0.2) is 63.3 Å². The van der Waals surface area contributed by atoms with Gasteiger partial charge in [0.05, 0.1) is 27.0 Å². The van der Waals surface area contributed by atoms with Gasteiger partial charge in [-0.05, 0) is 38.0 Å². The van der Waals surface area contributed by atoms with Gasteiger partial charge >= 0.3 is 0 Å². The van der Waals surface area contributed by atoms with Gasteiger partial charge in [0.1, 0.15) is 17.3 Å². The van der Waals surface area contributed by atoms with Crippen molar-refractivity contribution >= 4 is 40.6 Å². The summed E-state index contributed by atoms with van der Waals surface area (Å²) in [5.74, 6) is 1.04. The molecule has 4 aromatic rings. The highest BCUT2D eigenvalue weighted by Gasteiger charge is 2.27. The zero-order valence-electron chi connectivity index (χ0n) is 19.0. The van der Waals surface area contributed by atoms with E-state index in [0.29, 0.717) is 28.9 Å². The minimum Gasteiger partial charge on any atom is -0.360 e. The molecule has 1 saturated heterocycles. The van der Waals surface area contributed by atoms with Crippen LogP contribution in [0.5, 0.6) is 0 Å². The molecule has 0 atom stereocenters. The summed E-state index contributed by atoms with van der Waals surface area (Å²) in [5.41, 5.74) is 3.62. The van der Waals surface area contributed by atoms with Gasteiger partial charge in [-0.25, -0.2) is 9.37 Å². The number of carbonyl (C=O) groups is 1. The van der Waals surface area contributed by atoms with E-state index in [1.54, 1.807) is 17.4 Å². The van der Waals surface area contributed by atoms with E-state index in [0.717, 1.165) is 46.1 Å². The lowest BCUT2D eigenvalue weighted by atomic mass is 9.97. The average molecular weight is 528 g/mol. The monoisotopic (exact) mass is 527 g/mol. The number of aromatic nitrogens is 2. The largest absolute Gasteiger partial charge is 0.360 e. The topological polar surface area (TPSA) is 59.2 Å². The Bertz CT molecular complexity index is 1330. The number of hydrogen-bond donors (Lipinski definition) is 0. The third kappa shape index (κ3) is 5.29. The molecule has 0 aliphatic carbocycles. The smallest absolute Gasteiger partial charge is 0.232 e. The minimum atomic E-state index is -0.381. The Hall–Kier alpha value is -2.68. The number of aryl methyl sites for hydroxylation is 1. The molecule has 9 heteroatoms. The fraction of sp³-hybridized carbons (Fsp3) is 0.269. The van der Waals surface area contributed by atoms with Crippen molar-refractivity contribution in [1.82, 2.24) is 15.0 Å². The van der Waals surface area contributed by atoms with Crippen LogP contribution >= 0.6 is 34.7 Å². The number of rotatable bonds is 6. The Kier molecular flexibility index (Phi) is 7.22. The molecule has 2 aromatic heterocycles. The number of carbonyl (C=O) groups excluding carboxylic acids is 1. The van der Waals surface area contributed by atoms with Gasteiger partial charge in [0, 0.05) is 34.8 Å². The molecular formula is C26H23ClFN3O2S2. The molecule has 5 rings (SSSR count). The summed E-state index contributed by atoms with van der Waals surface area (Å²) in [6, 6.07) is 14.2. The van der Waals surface area contributed by atoms with Crippen molar-refractivity contribution < 1.29 is 13.7 Å². The van der Waals surface area contributed by atoms with Crippen molar-refractivity contribution in [2.24, 2.45) is 0 Å². The molecule has 1 aliphatic heterocycles. The van der Waals surface area contributed by atoms with Crippen molar-refractivity contribution in [3.05, 3.63) is 75.5 Å². The van der Waals surface area contributed by atoms with Crippen LogP contribution in [0.4, 0.5) is 4.39 Å².